The second-order valence-electron chi connectivity index (χ2n) is 8.32. The number of hydrogen-bond acceptors (Lipinski definition) is 4. The van der Waals surface area contributed by atoms with Gasteiger partial charge >= 0.3 is 0 Å². The van der Waals surface area contributed by atoms with Crippen molar-refractivity contribution in [3.63, 3.8) is 0 Å². The van der Waals surface area contributed by atoms with Gasteiger partial charge in [0.25, 0.3) is 11.8 Å². The largest absolute Gasteiger partial charge is 0.484 e. The Morgan fingerprint density at radius 3 is 2.43 bits per heavy atom. The lowest BCUT2D eigenvalue weighted by molar-refractivity contribution is -0.121. The average Bonchev–Trinajstić information content (AvgIpc) is 2.88. The number of nitrogens with one attached hydrogen (secondary N) is 2. The maximum atomic E-state index is 13.2. The van der Waals surface area contributed by atoms with Crippen molar-refractivity contribution in [3.8, 4) is 5.75 Å². The number of hydrogen-bond donors (Lipinski definition) is 2. The number of anilines is 2. The molecule has 3 aromatic carbocycles. The Hall–Kier alpha value is -4.20. The normalized spacial score (nSPS) is 15.2. The van der Waals surface area contributed by atoms with Crippen LogP contribution in [0.3, 0.4) is 0 Å². The van der Waals surface area contributed by atoms with Gasteiger partial charge in [0.15, 0.2) is 6.61 Å². The van der Waals surface area contributed by atoms with Crippen LogP contribution in [0.25, 0.3) is 0 Å². The highest BCUT2D eigenvalue weighted by molar-refractivity contribution is 5.96. The third kappa shape index (κ3) is 6.66. The summed E-state index contributed by atoms with van der Waals surface area (Å²) in [6, 6.07) is 21.3. The molecule has 180 valence electrons. The zero-order chi connectivity index (χ0) is 24.6. The van der Waals surface area contributed by atoms with Crippen molar-refractivity contribution >= 4 is 29.1 Å². The van der Waals surface area contributed by atoms with Crippen molar-refractivity contribution < 1.29 is 23.5 Å². The monoisotopic (exact) mass is 475 g/mol. The third-order valence-corrected chi connectivity index (χ3v) is 5.70. The number of halogens is 1. The van der Waals surface area contributed by atoms with Crippen LogP contribution in [0.15, 0.2) is 78.9 Å². The van der Waals surface area contributed by atoms with E-state index < -0.39 is 5.82 Å². The zero-order valence-corrected chi connectivity index (χ0v) is 19.1. The van der Waals surface area contributed by atoms with Gasteiger partial charge in [-0.05, 0) is 61.4 Å². The molecule has 35 heavy (non-hydrogen) atoms. The van der Waals surface area contributed by atoms with Gasteiger partial charge in [-0.3, -0.25) is 14.4 Å². The number of benzene rings is 3. The highest BCUT2D eigenvalue weighted by Crippen LogP contribution is 2.23. The number of carbonyl (C=O) groups is 3. The van der Waals surface area contributed by atoms with E-state index in [-0.39, 0.29) is 36.8 Å². The van der Waals surface area contributed by atoms with Gasteiger partial charge in [0, 0.05) is 36.1 Å². The molecule has 1 saturated heterocycles. The van der Waals surface area contributed by atoms with E-state index in [2.05, 4.69) is 10.6 Å². The molecular weight excluding hydrogens is 449 g/mol. The molecule has 8 heteroatoms. The molecule has 3 aromatic rings. The summed E-state index contributed by atoms with van der Waals surface area (Å²) in [6.45, 7) is 0.668. The van der Waals surface area contributed by atoms with E-state index in [1.165, 1.54) is 24.3 Å². The molecule has 3 amide bonds. The van der Waals surface area contributed by atoms with Gasteiger partial charge in [0.1, 0.15) is 11.6 Å². The van der Waals surface area contributed by atoms with Gasteiger partial charge in [0.2, 0.25) is 5.91 Å². The summed E-state index contributed by atoms with van der Waals surface area (Å²) in [5, 5.41) is 5.62. The molecule has 1 fully saturated rings. The molecule has 1 atom stereocenters. The number of amides is 3. The molecule has 1 aliphatic heterocycles. The molecule has 2 N–H and O–H groups in total. The minimum atomic E-state index is -0.402. The Kier molecular flexibility index (Phi) is 7.72. The molecular formula is C27H26FN3O4. The van der Waals surface area contributed by atoms with Crippen LogP contribution in [0.2, 0.25) is 0 Å². The van der Waals surface area contributed by atoms with Crippen molar-refractivity contribution in [1.29, 1.82) is 0 Å². The lowest BCUT2D eigenvalue weighted by atomic mass is 9.96. The van der Waals surface area contributed by atoms with Crippen LogP contribution in [0.1, 0.15) is 23.2 Å². The van der Waals surface area contributed by atoms with E-state index in [4.69, 9.17) is 4.74 Å². The first-order chi connectivity index (χ1) is 17.0. The molecule has 0 radical (unpaired) electrons. The van der Waals surface area contributed by atoms with Crippen molar-refractivity contribution in [2.45, 2.75) is 12.8 Å². The maximum absolute atomic E-state index is 13.2. The molecule has 1 heterocycles. The predicted molar refractivity (Wildman–Crippen MR) is 131 cm³/mol. The minimum Gasteiger partial charge on any atom is -0.484 e. The number of rotatable bonds is 7. The van der Waals surface area contributed by atoms with Crippen LogP contribution in [0.5, 0.6) is 5.75 Å². The lowest BCUT2D eigenvalue weighted by Crippen LogP contribution is -2.43. The Balaban J connectivity index is 1.30. The van der Waals surface area contributed by atoms with E-state index in [0.717, 1.165) is 0 Å². The summed E-state index contributed by atoms with van der Waals surface area (Å²) in [5.74, 6) is -1.02. The van der Waals surface area contributed by atoms with Gasteiger partial charge in [0.05, 0.1) is 5.92 Å². The van der Waals surface area contributed by atoms with Crippen molar-refractivity contribution in [2.24, 2.45) is 5.92 Å². The van der Waals surface area contributed by atoms with Gasteiger partial charge in [-0.2, -0.15) is 0 Å². The zero-order valence-electron chi connectivity index (χ0n) is 19.1. The molecule has 1 aliphatic rings. The summed E-state index contributed by atoms with van der Waals surface area (Å²) in [4.78, 5) is 39.4. The fourth-order valence-electron chi connectivity index (χ4n) is 3.93. The summed E-state index contributed by atoms with van der Waals surface area (Å²) in [6.07, 6.45) is 1.36. The SMILES string of the molecule is O=C(COc1cccc(NC(=O)C2CCCN(C(=O)c3ccc(F)cc3)C2)c1)Nc1ccccc1. The highest BCUT2D eigenvalue weighted by atomic mass is 19.1. The molecule has 0 bridgehead atoms. The minimum absolute atomic E-state index is 0.171. The van der Waals surface area contributed by atoms with E-state index in [0.29, 0.717) is 42.1 Å². The van der Waals surface area contributed by atoms with Crippen molar-refractivity contribution in [3.05, 3.63) is 90.2 Å². The van der Waals surface area contributed by atoms with Gasteiger partial charge in [-0.25, -0.2) is 4.39 Å². The first kappa shape index (κ1) is 23.9. The summed E-state index contributed by atoms with van der Waals surface area (Å²) >= 11 is 0. The van der Waals surface area contributed by atoms with Crippen LogP contribution < -0.4 is 15.4 Å². The van der Waals surface area contributed by atoms with Crippen LogP contribution in [0.4, 0.5) is 15.8 Å². The molecule has 4 rings (SSSR count). The maximum Gasteiger partial charge on any atom is 0.262 e. The second-order valence-corrected chi connectivity index (χ2v) is 8.32. The predicted octanol–water partition coefficient (Wildman–Crippen LogP) is 4.33. The van der Waals surface area contributed by atoms with Gasteiger partial charge in [-0.15, -0.1) is 0 Å². The number of likely N-dealkylation sites (tertiary alicyclic amines) is 1. The number of carbonyl (C=O) groups excluding carboxylic acids is 3. The number of piperidine rings is 1. The van der Waals surface area contributed by atoms with Gasteiger partial charge in [-0.1, -0.05) is 24.3 Å². The second kappa shape index (κ2) is 11.3. The Morgan fingerprint density at radius 2 is 1.66 bits per heavy atom. The summed E-state index contributed by atoms with van der Waals surface area (Å²) in [7, 11) is 0. The molecule has 0 aromatic heterocycles. The van der Waals surface area contributed by atoms with Crippen molar-refractivity contribution in [1.82, 2.24) is 4.90 Å². The third-order valence-electron chi connectivity index (χ3n) is 5.70. The summed E-state index contributed by atoms with van der Waals surface area (Å²) in [5.41, 5.74) is 1.62. The van der Waals surface area contributed by atoms with Crippen LogP contribution in [-0.2, 0) is 9.59 Å². The fourth-order valence-corrected chi connectivity index (χ4v) is 3.93. The van der Waals surface area contributed by atoms with Crippen molar-refractivity contribution in [2.75, 3.05) is 30.3 Å². The first-order valence-electron chi connectivity index (χ1n) is 11.4. The Morgan fingerprint density at radius 1 is 0.914 bits per heavy atom. The summed E-state index contributed by atoms with van der Waals surface area (Å²) < 4.78 is 18.7. The van der Waals surface area contributed by atoms with E-state index in [9.17, 15) is 18.8 Å². The molecule has 0 aliphatic carbocycles. The highest BCUT2D eigenvalue weighted by Gasteiger charge is 2.29. The fraction of sp³-hybridized carbons (Fsp3) is 0.222. The molecule has 0 spiro atoms. The van der Waals surface area contributed by atoms with Crippen LogP contribution in [0, 0.1) is 11.7 Å². The van der Waals surface area contributed by atoms with E-state index in [1.54, 1.807) is 41.3 Å². The number of para-hydroxylation sites is 1. The smallest absolute Gasteiger partial charge is 0.262 e. The quantitative estimate of drug-likeness (QED) is 0.532. The lowest BCUT2D eigenvalue weighted by Gasteiger charge is -2.32. The van der Waals surface area contributed by atoms with Crippen LogP contribution >= 0.6 is 0 Å². The topological polar surface area (TPSA) is 87.7 Å². The average molecular weight is 476 g/mol. The molecule has 0 saturated carbocycles. The van der Waals surface area contributed by atoms with Crippen LogP contribution in [-0.4, -0.2) is 42.3 Å². The molecule has 1 unspecified atom stereocenters. The molecule has 7 nitrogen and oxygen atoms in total. The first-order valence-corrected chi connectivity index (χ1v) is 11.4. The van der Waals surface area contributed by atoms with E-state index >= 15 is 0 Å². The van der Waals surface area contributed by atoms with E-state index in [1.807, 2.05) is 18.2 Å². The Bertz CT molecular complexity index is 1180. The Labute approximate surface area is 202 Å². The standard InChI is InChI=1S/C27H26FN3O4/c28-21-13-11-19(12-14-21)27(34)31-15-5-6-20(17-31)26(33)30-23-9-4-10-24(16-23)35-18-25(32)29-22-7-2-1-3-8-22/h1-4,7-14,16,20H,5-6,15,17-18H2,(H,29,32)(H,30,33). The number of ether oxygens (including phenoxy) is 1. The number of nitrogens with zero attached hydrogens (tertiary/aromatic N) is 1. The van der Waals surface area contributed by atoms with Gasteiger partial charge < -0.3 is 20.3 Å².